The molecule has 2 saturated carbocycles. The number of aromatic amines is 1. The van der Waals surface area contributed by atoms with Gasteiger partial charge in [-0.2, -0.15) is 0 Å². The molecule has 116 valence electrons. The summed E-state index contributed by atoms with van der Waals surface area (Å²) in [6.07, 6.45) is 8.65. The first-order valence-electron chi connectivity index (χ1n) is 8.39. The van der Waals surface area contributed by atoms with Crippen LogP contribution >= 0.6 is 12.2 Å². The van der Waals surface area contributed by atoms with Gasteiger partial charge in [-0.05, 0) is 61.4 Å². The van der Waals surface area contributed by atoms with E-state index in [0.717, 1.165) is 29.9 Å². The molecule has 1 aromatic carbocycles. The molecule has 0 aliphatic heterocycles. The Balaban J connectivity index is 1.27. The lowest BCUT2D eigenvalue weighted by atomic mass is 9.96. The zero-order valence-corrected chi connectivity index (χ0v) is 13.6. The van der Waals surface area contributed by atoms with Crippen molar-refractivity contribution in [2.75, 3.05) is 6.54 Å². The van der Waals surface area contributed by atoms with Gasteiger partial charge in [-0.15, -0.1) is 0 Å². The quantitative estimate of drug-likeness (QED) is 0.758. The van der Waals surface area contributed by atoms with Gasteiger partial charge in [0, 0.05) is 29.7 Å². The van der Waals surface area contributed by atoms with Crippen molar-refractivity contribution in [3.8, 4) is 0 Å². The second-order valence-electron chi connectivity index (χ2n) is 6.79. The van der Waals surface area contributed by atoms with Gasteiger partial charge in [-0.3, -0.25) is 0 Å². The fraction of sp³-hybridized carbons (Fsp3) is 0.500. The van der Waals surface area contributed by atoms with Crippen LogP contribution in [0.2, 0.25) is 0 Å². The standard InChI is InChI=1S/C18H23N3S/c22-18(21-17-10-12-5-6-13(17)9-12)19-8-7-14-11-20-16-4-2-1-3-15(14)16/h1-4,11-13,17,20H,5-10H2,(H2,19,21,22). The monoisotopic (exact) mass is 313 g/mol. The molecule has 3 nitrogen and oxygen atoms in total. The van der Waals surface area contributed by atoms with E-state index in [-0.39, 0.29) is 0 Å². The summed E-state index contributed by atoms with van der Waals surface area (Å²) in [6, 6.07) is 9.07. The number of H-pyrrole nitrogens is 1. The van der Waals surface area contributed by atoms with Gasteiger partial charge in [0.25, 0.3) is 0 Å². The summed E-state index contributed by atoms with van der Waals surface area (Å²) in [5.74, 6) is 1.81. The first-order valence-corrected chi connectivity index (χ1v) is 8.80. The largest absolute Gasteiger partial charge is 0.362 e. The van der Waals surface area contributed by atoms with Gasteiger partial charge in [0.05, 0.1) is 0 Å². The fourth-order valence-corrected chi connectivity index (χ4v) is 4.54. The van der Waals surface area contributed by atoms with Gasteiger partial charge in [0.1, 0.15) is 0 Å². The Labute approximate surface area is 136 Å². The molecule has 4 heteroatoms. The summed E-state index contributed by atoms with van der Waals surface area (Å²) in [4.78, 5) is 3.33. The zero-order valence-electron chi connectivity index (χ0n) is 12.8. The van der Waals surface area contributed by atoms with E-state index in [1.807, 2.05) is 0 Å². The average Bonchev–Trinajstić information content (AvgIpc) is 3.23. The minimum atomic E-state index is 0.617. The van der Waals surface area contributed by atoms with E-state index in [1.165, 1.54) is 42.1 Å². The maximum Gasteiger partial charge on any atom is 0.166 e. The van der Waals surface area contributed by atoms with E-state index in [2.05, 4.69) is 46.1 Å². The van der Waals surface area contributed by atoms with Crippen LogP contribution < -0.4 is 10.6 Å². The minimum Gasteiger partial charge on any atom is -0.362 e. The molecule has 4 rings (SSSR count). The third-order valence-corrected chi connectivity index (χ3v) is 5.67. The van der Waals surface area contributed by atoms with E-state index in [9.17, 15) is 0 Å². The molecule has 0 amide bonds. The maximum absolute atomic E-state index is 5.47. The Morgan fingerprint density at radius 3 is 2.95 bits per heavy atom. The molecular weight excluding hydrogens is 290 g/mol. The van der Waals surface area contributed by atoms with Gasteiger partial charge < -0.3 is 15.6 Å². The first-order chi connectivity index (χ1) is 10.8. The summed E-state index contributed by atoms with van der Waals surface area (Å²) in [5.41, 5.74) is 2.56. The maximum atomic E-state index is 5.47. The molecule has 0 spiro atoms. The average molecular weight is 313 g/mol. The second kappa shape index (κ2) is 5.92. The van der Waals surface area contributed by atoms with Crippen LogP contribution in [0, 0.1) is 11.8 Å². The Kier molecular flexibility index (Phi) is 3.78. The highest BCUT2D eigenvalue weighted by atomic mass is 32.1. The number of hydrogen-bond donors (Lipinski definition) is 3. The molecule has 0 saturated heterocycles. The Bertz CT molecular complexity index is 678. The molecule has 2 fully saturated rings. The van der Waals surface area contributed by atoms with Crippen molar-refractivity contribution in [2.24, 2.45) is 11.8 Å². The van der Waals surface area contributed by atoms with Gasteiger partial charge >= 0.3 is 0 Å². The van der Waals surface area contributed by atoms with Crippen LogP contribution in [0.4, 0.5) is 0 Å². The van der Waals surface area contributed by atoms with Crippen LogP contribution in [0.3, 0.4) is 0 Å². The number of hydrogen-bond acceptors (Lipinski definition) is 1. The van der Waals surface area contributed by atoms with Crippen LogP contribution in [0.15, 0.2) is 30.5 Å². The number of thiocarbonyl (C=S) groups is 1. The normalized spacial score (nSPS) is 26.5. The van der Waals surface area contributed by atoms with Crippen molar-refractivity contribution in [3.63, 3.8) is 0 Å². The highest BCUT2D eigenvalue weighted by Gasteiger charge is 2.39. The van der Waals surface area contributed by atoms with Crippen molar-refractivity contribution in [3.05, 3.63) is 36.0 Å². The number of para-hydroxylation sites is 1. The molecule has 22 heavy (non-hydrogen) atoms. The number of nitrogens with one attached hydrogen (secondary N) is 3. The number of rotatable bonds is 4. The van der Waals surface area contributed by atoms with Crippen LogP contribution in [-0.2, 0) is 6.42 Å². The van der Waals surface area contributed by atoms with Crippen LogP contribution in [0.1, 0.15) is 31.2 Å². The van der Waals surface area contributed by atoms with E-state index in [0.29, 0.717) is 6.04 Å². The van der Waals surface area contributed by atoms with Crippen LogP contribution in [-0.4, -0.2) is 22.7 Å². The van der Waals surface area contributed by atoms with E-state index in [4.69, 9.17) is 12.2 Å². The highest BCUT2D eigenvalue weighted by Crippen LogP contribution is 2.44. The van der Waals surface area contributed by atoms with E-state index in [1.54, 1.807) is 0 Å². The molecule has 2 aliphatic rings. The lowest BCUT2D eigenvalue weighted by molar-refractivity contribution is 0.389. The van der Waals surface area contributed by atoms with Gasteiger partial charge in [0.15, 0.2) is 5.11 Å². The smallest absolute Gasteiger partial charge is 0.166 e. The summed E-state index contributed by atoms with van der Waals surface area (Å²) >= 11 is 5.47. The van der Waals surface area contributed by atoms with Crippen molar-refractivity contribution >= 4 is 28.2 Å². The van der Waals surface area contributed by atoms with E-state index < -0.39 is 0 Å². The number of aromatic nitrogens is 1. The molecule has 3 atom stereocenters. The molecule has 1 heterocycles. The van der Waals surface area contributed by atoms with Crippen molar-refractivity contribution in [2.45, 2.75) is 38.1 Å². The Morgan fingerprint density at radius 1 is 1.23 bits per heavy atom. The molecule has 2 aliphatic carbocycles. The summed E-state index contributed by atoms with van der Waals surface area (Å²) in [5, 5.41) is 9.07. The lowest BCUT2D eigenvalue weighted by Gasteiger charge is -2.24. The predicted molar refractivity (Wildman–Crippen MR) is 95.0 cm³/mol. The summed E-state index contributed by atoms with van der Waals surface area (Å²) in [6.45, 7) is 0.883. The molecule has 1 aromatic heterocycles. The molecule has 3 unspecified atom stereocenters. The first kappa shape index (κ1) is 14.1. The third-order valence-electron chi connectivity index (χ3n) is 5.41. The number of fused-ring (bicyclic) bond motifs is 3. The van der Waals surface area contributed by atoms with Crippen LogP contribution in [0.5, 0.6) is 0 Å². The van der Waals surface area contributed by atoms with E-state index >= 15 is 0 Å². The fourth-order valence-electron chi connectivity index (χ4n) is 4.29. The predicted octanol–water partition coefficient (Wildman–Crippen LogP) is 3.36. The Hall–Kier alpha value is -1.55. The van der Waals surface area contributed by atoms with Gasteiger partial charge in [-0.25, -0.2) is 0 Å². The molecule has 2 bridgehead atoms. The van der Waals surface area contributed by atoms with Crippen molar-refractivity contribution in [1.82, 2.24) is 15.6 Å². The SMILES string of the molecule is S=C(NCCc1c[nH]c2ccccc12)NC1CC2CCC1C2. The lowest BCUT2D eigenvalue weighted by Crippen LogP contribution is -2.44. The van der Waals surface area contributed by atoms with Gasteiger partial charge in [0.2, 0.25) is 0 Å². The third kappa shape index (κ3) is 2.72. The van der Waals surface area contributed by atoms with Gasteiger partial charge in [-0.1, -0.05) is 24.6 Å². The second-order valence-corrected chi connectivity index (χ2v) is 7.20. The number of benzene rings is 1. The molecule has 0 radical (unpaired) electrons. The minimum absolute atomic E-state index is 0.617. The van der Waals surface area contributed by atoms with Crippen molar-refractivity contribution in [1.29, 1.82) is 0 Å². The topological polar surface area (TPSA) is 39.9 Å². The van der Waals surface area contributed by atoms with Crippen LogP contribution in [0.25, 0.3) is 10.9 Å². The Morgan fingerprint density at radius 2 is 2.14 bits per heavy atom. The zero-order chi connectivity index (χ0) is 14.9. The van der Waals surface area contributed by atoms with Crippen molar-refractivity contribution < 1.29 is 0 Å². The molecular formula is C18H23N3S. The highest BCUT2D eigenvalue weighted by molar-refractivity contribution is 7.80. The molecule has 3 N–H and O–H groups in total. The summed E-state index contributed by atoms with van der Waals surface area (Å²) in [7, 11) is 0. The summed E-state index contributed by atoms with van der Waals surface area (Å²) < 4.78 is 0. The molecule has 2 aromatic rings.